The molecular formula is C13H17FN2O2S. The van der Waals surface area contributed by atoms with Crippen LogP contribution in [0.1, 0.15) is 12.0 Å². The molecule has 19 heavy (non-hydrogen) atoms. The van der Waals surface area contributed by atoms with E-state index in [2.05, 4.69) is 0 Å². The fourth-order valence-electron chi connectivity index (χ4n) is 1.32. The Hall–Kier alpha value is -1.69. The quantitative estimate of drug-likeness (QED) is 0.807. The van der Waals surface area contributed by atoms with Gasteiger partial charge in [-0.05, 0) is 18.6 Å². The smallest absolute Gasteiger partial charge is 0.260 e. The molecule has 1 aromatic rings. The van der Waals surface area contributed by atoms with Crippen molar-refractivity contribution in [3.8, 4) is 5.75 Å². The molecule has 0 saturated heterocycles. The Morgan fingerprint density at radius 2 is 2.21 bits per heavy atom. The van der Waals surface area contributed by atoms with Crippen LogP contribution >= 0.6 is 12.2 Å². The minimum absolute atomic E-state index is 0.143. The normalized spacial score (nSPS) is 10.1. The van der Waals surface area contributed by atoms with Crippen LogP contribution in [-0.2, 0) is 4.79 Å². The largest absolute Gasteiger partial charge is 0.484 e. The summed E-state index contributed by atoms with van der Waals surface area (Å²) in [5, 5.41) is 0. The number of likely N-dealkylation sites (N-methyl/N-ethyl adjacent to an activating group) is 1. The molecule has 0 bridgehead atoms. The topological polar surface area (TPSA) is 55.6 Å². The van der Waals surface area contributed by atoms with Gasteiger partial charge in [-0.25, -0.2) is 4.39 Å². The van der Waals surface area contributed by atoms with E-state index in [1.54, 1.807) is 26.1 Å². The molecule has 4 nitrogen and oxygen atoms in total. The summed E-state index contributed by atoms with van der Waals surface area (Å²) in [7, 11) is 1.64. The van der Waals surface area contributed by atoms with Crippen LogP contribution in [-0.4, -0.2) is 36.0 Å². The van der Waals surface area contributed by atoms with Gasteiger partial charge in [0.1, 0.15) is 11.6 Å². The zero-order chi connectivity index (χ0) is 14.4. The van der Waals surface area contributed by atoms with E-state index in [4.69, 9.17) is 22.7 Å². The van der Waals surface area contributed by atoms with Gasteiger partial charge in [0.15, 0.2) is 6.61 Å². The number of nitrogens with zero attached hydrogens (tertiary/aromatic N) is 1. The van der Waals surface area contributed by atoms with E-state index in [9.17, 15) is 9.18 Å². The first-order valence-electron chi connectivity index (χ1n) is 5.81. The van der Waals surface area contributed by atoms with Gasteiger partial charge in [-0.2, -0.15) is 0 Å². The summed E-state index contributed by atoms with van der Waals surface area (Å²) < 4.78 is 18.5. The molecule has 6 heteroatoms. The minimum Gasteiger partial charge on any atom is -0.484 e. The molecule has 0 unspecified atom stereocenters. The first-order chi connectivity index (χ1) is 8.90. The Morgan fingerprint density at radius 1 is 1.53 bits per heavy atom. The van der Waals surface area contributed by atoms with E-state index >= 15 is 0 Å². The van der Waals surface area contributed by atoms with E-state index in [-0.39, 0.29) is 18.3 Å². The average Bonchev–Trinajstić information content (AvgIpc) is 2.36. The Balaban J connectivity index is 2.44. The number of benzene rings is 1. The number of nitrogens with two attached hydrogens (primary N) is 1. The standard InChI is InChI=1S/C13H17FN2O2S/c1-9-3-4-10(7-11(9)14)18-8-13(17)16(2)6-5-12(15)19/h3-4,7H,5-6,8H2,1-2H3,(H2,15,19). The van der Waals surface area contributed by atoms with Crippen LogP contribution in [0.25, 0.3) is 0 Å². The first kappa shape index (κ1) is 15.4. The average molecular weight is 284 g/mol. The molecule has 1 amide bonds. The molecule has 0 heterocycles. The van der Waals surface area contributed by atoms with Crippen LogP contribution in [0.5, 0.6) is 5.75 Å². The number of carbonyl (C=O) groups excluding carboxylic acids is 1. The van der Waals surface area contributed by atoms with Crippen molar-refractivity contribution in [3.63, 3.8) is 0 Å². The van der Waals surface area contributed by atoms with Crippen molar-refractivity contribution < 1.29 is 13.9 Å². The molecule has 1 aromatic carbocycles. The highest BCUT2D eigenvalue weighted by Crippen LogP contribution is 2.15. The van der Waals surface area contributed by atoms with Gasteiger partial charge in [0.25, 0.3) is 5.91 Å². The molecule has 0 spiro atoms. The third kappa shape index (κ3) is 5.21. The van der Waals surface area contributed by atoms with E-state index < -0.39 is 0 Å². The van der Waals surface area contributed by atoms with Crippen LogP contribution in [0.3, 0.4) is 0 Å². The Bertz CT molecular complexity index is 480. The van der Waals surface area contributed by atoms with Crippen molar-refractivity contribution in [2.24, 2.45) is 5.73 Å². The van der Waals surface area contributed by atoms with E-state index in [1.165, 1.54) is 11.0 Å². The summed E-state index contributed by atoms with van der Waals surface area (Å²) >= 11 is 4.74. The van der Waals surface area contributed by atoms with Crippen LogP contribution in [0.4, 0.5) is 4.39 Å². The van der Waals surface area contributed by atoms with Gasteiger partial charge in [0.05, 0.1) is 4.99 Å². The molecule has 0 atom stereocenters. The van der Waals surface area contributed by atoms with Gasteiger partial charge in [-0.3, -0.25) is 4.79 Å². The lowest BCUT2D eigenvalue weighted by Crippen LogP contribution is -2.33. The van der Waals surface area contributed by atoms with Crippen molar-refractivity contribution in [3.05, 3.63) is 29.6 Å². The number of amides is 1. The summed E-state index contributed by atoms with van der Waals surface area (Å²) in [6.07, 6.45) is 0.469. The molecule has 0 aliphatic rings. The molecule has 2 N–H and O–H groups in total. The highest BCUT2D eigenvalue weighted by molar-refractivity contribution is 7.80. The lowest BCUT2D eigenvalue weighted by atomic mass is 10.2. The molecule has 1 rings (SSSR count). The third-order valence-corrected chi connectivity index (χ3v) is 2.83. The second kappa shape index (κ2) is 7.04. The van der Waals surface area contributed by atoms with E-state index in [0.29, 0.717) is 29.3 Å². The first-order valence-corrected chi connectivity index (χ1v) is 6.22. The van der Waals surface area contributed by atoms with Crippen LogP contribution in [0, 0.1) is 12.7 Å². The summed E-state index contributed by atoms with van der Waals surface area (Å²) in [6.45, 7) is 1.96. The maximum absolute atomic E-state index is 13.3. The van der Waals surface area contributed by atoms with Crippen molar-refractivity contribution in [2.45, 2.75) is 13.3 Å². The van der Waals surface area contributed by atoms with Crippen LogP contribution in [0.15, 0.2) is 18.2 Å². The highest BCUT2D eigenvalue weighted by atomic mass is 32.1. The molecule has 104 valence electrons. The van der Waals surface area contributed by atoms with E-state index in [1.807, 2.05) is 0 Å². The number of halogens is 1. The van der Waals surface area contributed by atoms with Gasteiger partial charge in [-0.15, -0.1) is 0 Å². The number of hydrogen-bond acceptors (Lipinski definition) is 3. The summed E-state index contributed by atoms with van der Waals surface area (Å²) in [5.41, 5.74) is 5.89. The van der Waals surface area contributed by atoms with Crippen molar-refractivity contribution in [1.82, 2.24) is 4.90 Å². The van der Waals surface area contributed by atoms with Gasteiger partial charge < -0.3 is 15.4 Å². The lowest BCUT2D eigenvalue weighted by Gasteiger charge is -2.17. The molecule has 0 aliphatic heterocycles. The second-order valence-electron chi connectivity index (χ2n) is 4.23. The zero-order valence-corrected chi connectivity index (χ0v) is 11.8. The predicted molar refractivity (Wildman–Crippen MR) is 75.7 cm³/mol. The summed E-state index contributed by atoms with van der Waals surface area (Å²) in [4.78, 5) is 13.5. The Morgan fingerprint density at radius 3 is 2.79 bits per heavy atom. The highest BCUT2D eigenvalue weighted by Gasteiger charge is 2.10. The number of aryl methyl sites for hydroxylation is 1. The number of carbonyl (C=O) groups is 1. The van der Waals surface area contributed by atoms with Crippen molar-refractivity contribution >= 4 is 23.1 Å². The van der Waals surface area contributed by atoms with Crippen LogP contribution in [0.2, 0.25) is 0 Å². The fraction of sp³-hybridized carbons (Fsp3) is 0.385. The molecule has 0 radical (unpaired) electrons. The fourth-order valence-corrected chi connectivity index (χ4v) is 1.41. The third-order valence-electron chi connectivity index (χ3n) is 2.62. The monoisotopic (exact) mass is 284 g/mol. The molecule has 0 fully saturated rings. The molecular weight excluding hydrogens is 267 g/mol. The number of thiocarbonyl (C=S) groups is 1. The van der Waals surface area contributed by atoms with Gasteiger partial charge in [0, 0.05) is 26.1 Å². The Labute approximate surface area is 117 Å². The molecule has 0 aromatic heterocycles. The van der Waals surface area contributed by atoms with Crippen LogP contribution < -0.4 is 10.5 Å². The molecule has 0 aliphatic carbocycles. The summed E-state index contributed by atoms with van der Waals surface area (Å²) in [6, 6.07) is 4.49. The number of ether oxygens (including phenoxy) is 1. The number of hydrogen-bond donors (Lipinski definition) is 1. The second-order valence-corrected chi connectivity index (χ2v) is 4.76. The lowest BCUT2D eigenvalue weighted by molar-refractivity contribution is -0.131. The minimum atomic E-state index is -0.355. The maximum atomic E-state index is 13.3. The SMILES string of the molecule is Cc1ccc(OCC(=O)N(C)CCC(N)=S)cc1F. The van der Waals surface area contributed by atoms with Crippen molar-refractivity contribution in [1.29, 1.82) is 0 Å². The Kier molecular flexibility index (Phi) is 5.69. The van der Waals surface area contributed by atoms with Crippen molar-refractivity contribution in [2.75, 3.05) is 20.2 Å². The summed E-state index contributed by atoms with van der Waals surface area (Å²) in [5.74, 6) is -0.233. The maximum Gasteiger partial charge on any atom is 0.260 e. The van der Waals surface area contributed by atoms with Gasteiger partial charge in [0.2, 0.25) is 0 Å². The van der Waals surface area contributed by atoms with E-state index in [0.717, 1.165) is 0 Å². The molecule has 0 saturated carbocycles. The van der Waals surface area contributed by atoms with Gasteiger partial charge >= 0.3 is 0 Å². The zero-order valence-electron chi connectivity index (χ0n) is 11.0. The van der Waals surface area contributed by atoms with Gasteiger partial charge in [-0.1, -0.05) is 18.3 Å². The number of rotatable bonds is 6. The predicted octanol–water partition coefficient (Wildman–Crippen LogP) is 1.65.